The van der Waals surface area contributed by atoms with E-state index in [1.165, 1.54) is 12.5 Å². The fourth-order valence-corrected chi connectivity index (χ4v) is 16.4. The Labute approximate surface area is 444 Å². The molecule has 4 aliphatic heterocycles. The molecule has 4 saturated carbocycles. The van der Waals surface area contributed by atoms with Gasteiger partial charge in [0.25, 0.3) is 0 Å². The van der Waals surface area contributed by atoms with E-state index in [2.05, 4.69) is 54.5 Å². The number of hydrogen-bond donors (Lipinski definition) is 13. The largest absolute Gasteiger partial charge is 0.432 e. The lowest BCUT2D eigenvalue weighted by atomic mass is 9.33. The number of rotatable bonds is 11. The van der Waals surface area contributed by atoms with E-state index in [0.717, 1.165) is 38.5 Å². The van der Waals surface area contributed by atoms with Crippen molar-refractivity contribution in [3.8, 4) is 0 Å². The summed E-state index contributed by atoms with van der Waals surface area (Å²) in [5.41, 5.74) is -1.07. The second kappa shape index (κ2) is 21.3. The molecular formula is C54H88O22. The molecule has 0 aromatic rings. The second-order valence-electron chi connectivity index (χ2n) is 26.3. The minimum atomic E-state index is -1.87. The summed E-state index contributed by atoms with van der Waals surface area (Å²) in [6.07, 6.45) is -23.1. The Kier molecular flexibility index (Phi) is 16.6. The van der Waals surface area contributed by atoms with Crippen molar-refractivity contribution in [3.05, 3.63) is 11.6 Å². The van der Waals surface area contributed by atoms with Crippen molar-refractivity contribution < 1.29 is 109 Å². The summed E-state index contributed by atoms with van der Waals surface area (Å²) in [5, 5.41) is 139. The van der Waals surface area contributed by atoms with Crippen LogP contribution in [0.15, 0.2) is 11.6 Å². The van der Waals surface area contributed by atoms with Crippen molar-refractivity contribution in [2.75, 3.05) is 19.8 Å². The number of carbonyl (C=O) groups is 1. The fraction of sp³-hybridized carbons (Fsp3) is 0.944. The van der Waals surface area contributed by atoms with Crippen molar-refractivity contribution in [3.63, 3.8) is 0 Å². The van der Waals surface area contributed by atoms with Crippen LogP contribution in [0.3, 0.4) is 0 Å². The van der Waals surface area contributed by atoms with E-state index in [1.54, 1.807) is 0 Å². The maximum Gasteiger partial charge on any atom is 0.315 e. The van der Waals surface area contributed by atoms with Gasteiger partial charge in [-0.05, 0) is 116 Å². The van der Waals surface area contributed by atoms with Gasteiger partial charge in [0.1, 0.15) is 91.6 Å². The van der Waals surface area contributed by atoms with E-state index in [9.17, 15) is 71.2 Å². The molecule has 5 aliphatic carbocycles. The van der Waals surface area contributed by atoms with Crippen molar-refractivity contribution in [2.24, 2.45) is 50.2 Å². The minimum Gasteiger partial charge on any atom is -0.432 e. The molecule has 8 fully saturated rings. The maximum absolute atomic E-state index is 14.8. The third-order valence-corrected chi connectivity index (χ3v) is 21.4. The molecule has 22 nitrogen and oxygen atoms in total. The highest BCUT2D eigenvalue weighted by molar-refractivity contribution is 5.79. The van der Waals surface area contributed by atoms with E-state index in [-0.39, 0.29) is 39.4 Å². The number of hydrogen-bond acceptors (Lipinski definition) is 22. The van der Waals surface area contributed by atoms with Gasteiger partial charge in [-0.15, -0.1) is 0 Å². The molecule has 9 aliphatic rings. The van der Waals surface area contributed by atoms with Gasteiger partial charge in [-0.1, -0.05) is 60.1 Å². The number of ether oxygens (including phenoxy) is 8. The molecule has 0 radical (unpaired) electrons. The number of fused-ring (bicyclic) bond motifs is 7. The Morgan fingerprint density at radius 2 is 1.07 bits per heavy atom. The quantitative estimate of drug-likeness (QED) is 0.0670. The highest BCUT2D eigenvalue weighted by Crippen LogP contribution is 2.76. The Morgan fingerprint density at radius 1 is 0.553 bits per heavy atom. The van der Waals surface area contributed by atoms with E-state index < -0.39 is 166 Å². The molecule has 0 aromatic carbocycles. The van der Waals surface area contributed by atoms with Gasteiger partial charge in [-0.2, -0.15) is 0 Å². The van der Waals surface area contributed by atoms with Gasteiger partial charge in [-0.3, -0.25) is 4.79 Å². The molecule has 76 heavy (non-hydrogen) atoms. The number of carbonyl (C=O) groups excluding carboxylic acids is 1. The molecule has 4 saturated heterocycles. The lowest BCUT2D eigenvalue weighted by Crippen LogP contribution is -2.67. The zero-order chi connectivity index (χ0) is 55.6. The summed E-state index contributed by atoms with van der Waals surface area (Å²) in [5.74, 6) is -0.399. The smallest absolute Gasteiger partial charge is 0.315 e. The van der Waals surface area contributed by atoms with Gasteiger partial charge < -0.3 is 104 Å². The Hall–Kier alpha value is -1.59. The maximum atomic E-state index is 14.8. The molecule has 0 spiro atoms. The molecule has 436 valence electrons. The van der Waals surface area contributed by atoms with Crippen molar-refractivity contribution >= 4 is 5.97 Å². The van der Waals surface area contributed by atoms with Gasteiger partial charge in [0.2, 0.25) is 6.29 Å². The van der Waals surface area contributed by atoms with Crippen LogP contribution in [0.1, 0.15) is 120 Å². The van der Waals surface area contributed by atoms with Gasteiger partial charge in [-0.25, -0.2) is 0 Å². The molecule has 9 rings (SSSR count). The summed E-state index contributed by atoms with van der Waals surface area (Å²) in [4.78, 5) is 14.8. The molecule has 22 heteroatoms. The van der Waals surface area contributed by atoms with Crippen molar-refractivity contribution in [1.29, 1.82) is 0 Å². The summed E-state index contributed by atoms with van der Waals surface area (Å²) >= 11 is 0. The molecule has 2 unspecified atom stereocenters. The SMILES string of the molecule is C[C@@H]1O[C@@H](O[C@H]2[C@H](O[C@H]3[C@H](O[C@H]4CC[C@@]5(C)C(CC[C@]6(C)C5CC=C5[C@@H]7CC(C)(C)CC[C@]7(C(=O)O[C@@H]7O[C@H](CO)[C@@H](O)[C@H](O)[C@H]7O)CC[C@]56C)C4(C)C)O[C@H](CO)[C@@H](O)[C@@H]3O)O[C@H](CO)[C@@H](O)[C@@H]2O)[C@H](O)[C@H](O)[C@H]1O. The lowest BCUT2D eigenvalue weighted by Gasteiger charge is -2.71. The average molecular weight is 1090 g/mol. The predicted octanol–water partition coefficient (Wildman–Crippen LogP) is -1.01. The van der Waals surface area contributed by atoms with E-state index in [4.69, 9.17) is 37.9 Å². The monoisotopic (exact) mass is 1090 g/mol. The first-order valence-corrected chi connectivity index (χ1v) is 27.7. The zero-order valence-electron chi connectivity index (χ0n) is 45.1. The number of allylic oxidation sites excluding steroid dienone is 2. The van der Waals surface area contributed by atoms with E-state index in [0.29, 0.717) is 25.7 Å². The molecule has 28 atom stereocenters. The standard InChI is InChI=1S/C54H88O22/c1-23-32(58)36(62)40(66)44(69-23)74-43-39(65)35(61)28(22-57)72-47(43)75-42-38(64)34(60)27(21-56)71-46(42)73-31-12-13-51(6)29(50(31,4)5)11-14-53(8)30(51)10-9-24-25-19-49(2,3)15-17-54(25,18-16-52(24,53)7)48(68)76-45-41(67)37(63)33(59)26(20-55)70-45/h9,23,25-47,55-67H,10-22H2,1-8H3/t23-,25-,26+,27+,28+,29?,30?,31-,32-,33+,34+,35+,36+,37-,38-,39-,40+,41+,42+,43+,44-,45-,46-,47-,51-,52+,53+,54-/m0/s1. The van der Waals surface area contributed by atoms with Crippen molar-refractivity contribution in [2.45, 2.75) is 249 Å². The van der Waals surface area contributed by atoms with Crippen LogP contribution in [0.2, 0.25) is 0 Å². The third kappa shape index (κ3) is 9.47. The second-order valence-corrected chi connectivity index (χ2v) is 26.3. The molecular weight excluding hydrogens is 1000 g/mol. The molecule has 4 heterocycles. The molecule has 0 aromatic heterocycles. The van der Waals surface area contributed by atoms with Crippen LogP contribution >= 0.6 is 0 Å². The van der Waals surface area contributed by atoms with Crippen LogP contribution < -0.4 is 0 Å². The summed E-state index contributed by atoms with van der Waals surface area (Å²) in [6.45, 7) is 15.2. The molecule has 13 N–H and O–H groups in total. The number of aliphatic hydroxyl groups excluding tert-OH is 13. The lowest BCUT2D eigenvalue weighted by molar-refractivity contribution is -0.397. The van der Waals surface area contributed by atoms with Crippen LogP contribution in [-0.2, 0) is 42.7 Å². The first-order valence-electron chi connectivity index (χ1n) is 27.7. The summed E-state index contributed by atoms with van der Waals surface area (Å²) < 4.78 is 48.7. The first-order chi connectivity index (χ1) is 35.5. The zero-order valence-corrected chi connectivity index (χ0v) is 45.1. The number of esters is 1. The van der Waals surface area contributed by atoms with Gasteiger partial charge in [0.15, 0.2) is 18.9 Å². The van der Waals surface area contributed by atoms with Crippen LogP contribution in [-0.4, -0.2) is 221 Å². The minimum absolute atomic E-state index is 0.0897. The van der Waals surface area contributed by atoms with Gasteiger partial charge >= 0.3 is 5.97 Å². The third-order valence-electron chi connectivity index (χ3n) is 21.4. The Bertz CT molecular complexity index is 2090. The highest BCUT2D eigenvalue weighted by atomic mass is 16.8. The summed E-state index contributed by atoms with van der Waals surface area (Å²) in [6, 6.07) is 0. The van der Waals surface area contributed by atoms with Crippen LogP contribution in [0.5, 0.6) is 0 Å². The summed E-state index contributed by atoms with van der Waals surface area (Å²) in [7, 11) is 0. The number of aliphatic hydroxyl groups is 13. The van der Waals surface area contributed by atoms with E-state index in [1.807, 2.05) is 0 Å². The van der Waals surface area contributed by atoms with Crippen molar-refractivity contribution in [1.82, 2.24) is 0 Å². The fourth-order valence-electron chi connectivity index (χ4n) is 16.4. The first kappa shape index (κ1) is 59.0. The van der Waals surface area contributed by atoms with Crippen LogP contribution in [0, 0.1) is 50.2 Å². The van der Waals surface area contributed by atoms with Gasteiger partial charge in [0, 0.05) is 0 Å². The molecule has 0 amide bonds. The Morgan fingerprint density at radius 3 is 1.66 bits per heavy atom. The van der Waals surface area contributed by atoms with Gasteiger partial charge in [0.05, 0.1) is 37.4 Å². The van der Waals surface area contributed by atoms with E-state index >= 15 is 0 Å². The van der Waals surface area contributed by atoms with Crippen LogP contribution in [0.4, 0.5) is 0 Å². The average Bonchev–Trinajstić information content (AvgIpc) is 3.37. The van der Waals surface area contributed by atoms with Crippen LogP contribution in [0.25, 0.3) is 0 Å². The molecule has 0 bridgehead atoms. The normalized spacial score (nSPS) is 54.0. The topological polar surface area (TPSA) is 354 Å². The highest BCUT2D eigenvalue weighted by Gasteiger charge is 2.70. The predicted molar refractivity (Wildman–Crippen MR) is 261 cm³/mol. The Balaban J connectivity index is 0.963.